The SMILES string of the molecule is C[C@H](NC(=O)COc1ccc2c(c1)oc(=O)c1ccccc12)C(=O)[O-]. The number of nitrogens with one attached hydrogen (secondary N) is 1. The van der Waals surface area contributed by atoms with Gasteiger partial charge in [-0.2, -0.15) is 0 Å². The Morgan fingerprint density at radius 3 is 2.60 bits per heavy atom. The number of carbonyl (C=O) groups is 2. The maximum absolute atomic E-state index is 12.0. The number of amides is 1. The number of rotatable bonds is 5. The maximum atomic E-state index is 12.0. The summed E-state index contributed by atoms with van der Waals surface area (Å²) in [6, 6.07) is 10.9. The zero-order valence-electron chi connectivity index (χ0n) is 13.3. The monoisotopic (exact) mass is 340 g/mol. The van der Waals surface area contributed by atoms with Crippen LogP contribution in [0.2, 0.25) is 0 Å². The first kappa shape index (κ1) is 16.5. The molecule has 0 fully saturated rings. The molecular weight excluding hydrogens is 326 g/mol. The van der Waals surface area contributed by atoms with Crippen LogP contribution in [-0.4, -0.2) is 24.5 Å². The zero-order chi connectivity index (χ0) is 18.0. The second-order valence-electron chi connectivity index (χ2n) is 5.49. The van der Waals surface area contributed by atoms with Gasteiger partial charge in [0.25, 0.3) is 5.91 Å². The highest BCUT2D eigenvalue weighted by Crippen LogP contribution is 2.26. The lowest BCUT2D eigenvalue weighted by atomic mass is 10.1. The molecule has 0 saturated heterocycles. The third-order valence-corrected chi connectivity index (χ3v) is 3.69. The molecule has 3 rings (SSSR count). The minimum atomic E-state index is -1.38. The molecule has 1 N–H and O–H groups in total. The van der Waals surface area contributed by atoms with Crippen molar-refractivity contribution in [3.8, 4) is 5.75 Å². The maximum Gasteiger partial charge on any atom is 0.344 e. The fraction of sp³-hybridized carbons (Fsp3) is 0.167. The largest absolute Gasteiger partial charge is 0.548 e. The number of aliphatic carboxylic acids is 1. The van der Waals surface area contributed by atoms with E-state index in [4.69, 9.17) is 9.15 Å². The first-order valence-electron chi connectivity index (χ1n) is 7.54. The van der Waals surface area contributed by atoms with Gasteiger partial charge in [0.05, 0.1) is 17.4 Å². The van der Waals surface area contributed by atoms with E-state index in [9.17, 15) is 19.5 Å². The average molecular weight is 340 g/mol. The van der Waals surface area contributed by atoms with E-state index in [1.54, 1.807) is 24.3 Å². The van der Waals surface area contributed by atoms with Gasteiger partial charge in [-0.25, -0.2) is 4.79 Å². The molecule has 7 heteroatoms. The van der Waals surface area contributed by atoms with Gasteiger partial charge in [0.1, 0.15) is 11.3 Å². The molecular formula is C18H14NO6-. The fourth-order valence-electron chi connectivity index (χ4n) is 2.44. The highest BCUT2D eigenvalue weighted by molar-refractivity contribution is 6.04. The molecule has 25 heavy (non-hydrogen) atoms. The van der Waals surface area contributed by atoms with Gasteiger partial charge >= 0.3 is 5.63 Å². The van der Waals surface area contributed by atoms with Crippen LogP contribution in [0, 0.1) is 0 Å². The van der Waals surface area contributed by atoms with Gasteiger partial charge in [0.15, 0.2) is 6.61 Å². The van der Waals surface area contributed by atoms with E-state index >= 15 is 0 Å². The number of carbonyl (C=O) groups excluding carboxylic acids is 2. The lowest BCUT2D eigenvalue weighted by Crippen LogP contribution is -2.47. The summed E-state index contributed by atoms with van der Waals surface area (Å²) in [5.41, 5.74) is -0.120. The third kappa shape index (κ3) is 3.45. The molecule has 0 aliphatic rings. The van der Waals surface area contributed by atoms with Crippen molar-refractivity contribution in [2.75, 3.05) is 6.61 Å². The van der Waals surface area contributed by atoms with Crippen LogP contribution >= 0.6 is 0 Å². The molecule has 0 unspecified atom stereocenters. The van der Waals surface area contributed by atoms with Gasteiger partial charge in [0, 0.05) is 11.5 Å². The number of benzene rings is 2. The molecule has 0 bridgehead atoms. The van der Waals surface area contributed by atoms with Gasteiger partial charge in [-0.15, -0.1) is 0 Å². The number of ether oxygens (including phenoxy) is 1. The van der Waals surface area contributed by atoms with Crippen LogP contribution in [0.1, 0.15) is 6.92 Å². The summed E-state index contributed by atoms with van der Waals surface area (Å²) in [7, 11) is 0. The predicted octanol–water partition coefficient (Wildman–Crippen LogP) is 0.580. The molecule has 0 aliphatic carbocycles. The lowest BCUT2D eigenvalue weighted by molar-refractivity contribution is -0.307. The Bertz CT molecular complexity index is 1020. The summed E-state index contributed by atoms with van der Waals surface area (Å²) in [6.45, 7) is 0.921. The van der Waals surface area contributed by atoms with Crippen LogP contribution in [0.5, 0.6) is 5.75 Å². The van der Waals surface area contributed by atoms with Crippen molar-refractivity contribution < 1.29 is 23.8 Å². The molecule has 0 aliphatic heterocycles. The molecule has 128 valence electrons. The van der Waals surface area contributed by atoms with Crippen LogP contribution in [0.15, 0.2) is 51.7 Å². The van der Waals surface area contributed by atoms with Crippen molar-refractivity contribution in [3.63, 3.8) is 0 Å². The van der Waals surface area contributed by atoms with E-state index in [-0.39, 0.29) is 6.61 Å². The number of fused-ring (bicyclic) bond motifs is 3. The van der Waals surface area contributed by atoms with Crippen molar-refractivity contribution in [2.45, 2.75) is 13.0 Å². The van der Waals surface area contributed by atoms with Crippen LogP contribution in [-0.2, 0) is 9.59 Å². The minimum absolute atomic E-state index is 0.321. The molecule has 1 heterocycles. The number of carboxylic acid groups (broad SMARTS) is 1. The number of hydrogen-bond acceptors (Lipinski definition) is 6. The van der Waals surface area contributed by atoms with Crippen LogP contribution < -0.4 is 20.8 Å². The Kier molecular flexibility index (Phi) is 4.38. The Hall–Kier alpha value is -3.35. The summed E-state index contributed by atoms with van der Waals surface area (Å²) >= 11 is 0. The minimum Gasteiger partial charge on any atom is -0.548 e. The number of hydrogen-bond donors (Lipinski definition) is 1. The molecule has 3 aromatic rings. The van der Waals surface area contributed by atoms with Crippen molar-refractivity contribution >= 4 is 33.6 Å². The standard InChI is InChI=1S/C18H15NO6/c1-10(17(21)22)19-16(20)9-24-11-6-7-13-12-4-2-3-5-14(12)18(23)25-15(13)8-11/h2-8,10H,9H2,1H3,(H,19,20)(H,21,22)/p-1/t10-/m0/s1. The van der Waals surface area contributed by atoms with E-state index in [2.05, 4.69) is 5.32 Å². The first-order valence-corrected chi connectivity index (χ1v) is 7.54. The van der Waals surface area contributed by atoms with Gasteiger partial charge in [-0.05, 0) is 30.5 Å². The second kappa shape index (κ2) is 6.64. The van der Waals surface area contributed by atoms with E-state index in [0.717, 1.165) is 10.8 Å². The Morgan fingerprint density at radius 1 is 1.16 bits per heavy atom. The molecule has 7 nitrogen and oxygen atoms in total. The predicted molar refractivity (Wildman–Crippen MR) is 88.1 cm³/mol. The highest BCUT2D eigenvalue weighted by Gasteiger charge is 2.11. The highest BCUT2D eigenvalue weighted by atomic mass is 16.5. The third-order valence-electron chi connectivity index (χ3n) is 3.69. The Morgan fingerprint density at radius 2 is 1.88 bits per heavy atom. The quantitative estimate of drug-likeness (QED) is 0.537. The van der Waals surface area contributed by atoms with E-state index in [1.807, 2.05) is 12.1 Å². The van der Waals surface area contributed by atoms with Crippen LogP contribution in [0.25, 0.3) is 21.7 Å². The second-order valence-corrected chi connectivity index (χ2v) is 5.49. The van der Waals surface area contributed by atoms with Gasteiger partial charge in [0.2, 0.25) is 0 Å². The van der Waals surface area contributed by atoms with Gasteiger partial charge < -0.3 is 24.4 Å². The summed E-state index contributed by atoms with van der Waals surface area (Å²) in [5, 5.41) is 14.8. The summed E-state index contributed by atoms with van der Waals surface area (Å²) < 4.78 is 10.6. The molecule has 0 saturated carbocycles. The topological polar surface area (TPSA) is 109 Å². The molecule has 1 atom stereocenters. The molecule has 2 aromatic carbocycles. The van der Waals surface area contributed by atoms with E-state index in [1.165, 1.54) is 13.0 Å². The van der Waals surface area contributed by atoms with Gasteiger partial charge in [-0.1, -0.05) is 18.2 Å². The normalized spacial score (nSPS) is 12.0. The summed E-state index contributed by atoms with van der Waals surface area (Å²) in [4.78, 5) is 34.2. The number of carboxylic acids is 1. The summed E-state index contributed by atoms with van der Waals surface area (Å²) in [5.74, 6) is -1.66. The molecule has 0 spiro atoms. The Balaban J connectivity index is 1.82. The molecule has 1 amide bonds. The van der Waals surface area contributed by atoms with Crippen molar-refractivity contribution in [1.82, 2.24) is 5.32 Å². The van der Waals surface area contributed by atoms with E-state index in [0.29, 0.717) is 16.7 Å². The lowest BCUT2D eigenvalue weighted by Gasteiger charge is -2.14. The van der Waals surface area contributed by atoms with E-state index < -0.39 is 23.5 Å². The van der Waals surface area contributed by atoms with Crippen molar-refractivity contribution in [2.24, 2.45) is 0 Å². The van der Waals surface area contributed by atoms with Gasteiger partial charge in [-0.3, -0.25) is 4.79 Å². The fourth-order valence-corrected chi connectivity index (χ4v) is 2.44. The van der Waals surface area contributed by atoms with Crippen molar-refractivity contribution in [3.05, 3.63) is 52.9 Å². The molecule has 0 radical (unpaired) electrons. The Labute approximate surface area is 141 Å². The molecule has 1 aromatic heterocycles. The van der Waals surface area contributed by atoms with Crippen molar-refractivity contribution in [1.29, 1.82) is 0 Å². The summed E-state index contributed by atoms with van der Waals surface area (Å²) in [6.07, 6.45) is 0. The average Bonchev–Trinajstić information content (AvgIpc) is 2.60. The van der Waals surface area contributed by atoms with Crippen LogP contribution in [0.4, 0.5) is 0 Å². The van der Waals surface area contributed by atoms with Crippen LogP contribution in [0.3, 0.4) is 0 Å². The first-order chi connectivity index (χ1) is 12.0. The smallest absolute Gasteiger partial charge is 0.344 e. The zero-order valence-corrected chi connectivity index (χ0v) is 13.3.